The van der Waals surface area contributed by atoms with Crippen molar-refractivity contribution in [3.05, 3.63) is 11.6 Å². The van der Waals surface area contributed by atoms with Gasteiger partial charge in [-0.2, -0.15) is 0 Å². The van der Waals surface area contributed by atoms with Crippen molar-refractivity contribution in [3.63, 3.8) is 0 Å². The third kappa shape index (κ3) is 3.17. The molecule has 0 amide bonds. The van der Waals surface area contributed by atoms with Crippen molar-refractivity contribution in [2.24, 2.45) is 56.7 Å². The van der Waals surface area contributed by atoms with E-state index in [2.05, 4.69) is 54.5 Å². The number of allylic oxidation sites excluding steroid dienone is 2. The maximum absolute atomic E-state index is 12.9. The molecule has 4 saturated carbocycles. The summed E-state index contributed by atoms with van der Waals surface area (Å²) in [5.41, 5.74) is 1.30. The molecule has 0 spiro atoms. The van der Waals surface area contributed by atoms with Crippen LogP contribution in [0, 0.1) is 56.7 Å². The molecule has 4 heteroatoms. The van der Waals surface area contributed by atoms with Gasteiger partial charge in [0.2, 0.25) is 0 Å². The molecule has 4 nitrogen and oxygen atoms in total. The second-order valence-electron chi connectivity index (χ2n) is 15.1. The van der Waals surface area contributed by atoms with Crippen LogP contribution in [-0.4, -0.2) is 23.1 Å². The molecule has 0 aliphatic heterocycles. The minimum absolute atomic E-state index is 0.00171. The van der Waals surface area contributed by atoms with E-state index in [9.17, 15) is 14.7 Å². The molecular weight excluding hydrogens is 448 g/mol. The summed E-state index contributed by atoms with van der Waals surface area (Å²) in [4.78, 5) is 24.7. The van der Waals surface area contributed by atoms with Crippen LogP contribution in [0.3, 0.4) is 0 Å². The van der Waals surface area contributed by atoms with Gasteiger partial charge in [0.15, 0.2) is 0 Å². The zero-order valence-electron chi connectivity index (χ0n) is 24.1. The van der Waals surface area contributed by atoms with Gasteiger partial charge in [-0.3, -0.25) is 9.59 Å². The standard InChI is InChI=1S/C32H50O4/c1-19-11-16-32(27(34)35)18-17-30(7)22(26(32)20(19)2)9-10-24-29(6)14-13-25(36-21(3)33)28(4,5)23(29)12-15-31(24,30)8/h9,19-20,23-26H,10-18H2,1-8H3,(H,34,35)/t19-,20+,23+,24-,25?,26?,29+,30-,31-,32?/m1/s1. The molecule has 0 aromatic rings. The van der Waals surface area contributed by atoms with Gasteiger partial charge in [0.1, 0.15) is 6.10 Å². The van der Waals surface area contributed by atoms with E-state index in [1.807, 2.05) is 0 Å². The molecule has 0 saturated heterocycles. The van der Waals surface area contributed by atoms with Crippen molar-refractivity contribution in [1.29, 1.82) is 0 Å². The number of aliphatic carboxylic acids is 1. The molecule has 5 rings (SSSR count). The highest BCUT2D eigenvalue weighted by molar-refractivity contribution is 5.76. The smallest absolute Gasteiger partial charge is 0.310 e. The van der Waals surface area contributed by atoms with Crippen molar-refractivity contribution < 1.29 is 19.4 Å². The van der Waals surface area contributed by atoms with Crippen LogP contribution in [0.15, 0.2) is 11.6 Å². The Morgan fingerprint density at radius 2 is 1.61 bits per heavy atom. The Balaban J connectivity index is 1.56. The molecule has 10 atom stereocenters. The lowest BCUT2D eigenvalue weighted by molar-refractivity contribution is -0.214. The fraction of sp³-hybridized carbons (Fsp3) is 0.875. The molecule has 202 valence electrons. The Bertz CT molecular complexity index is 981. The summed E-state index contributed by atoms with van der Waals surface area (Å²) in [6.45, 7) is 18.5. The lowest BCUT2D eigenvalue weighted by atomic mass is 9.33. The molecule has 3 unspecified atom stereocenters. The van der Waals surface area contributed by atoms with Gasteiger partial charge in [-0.1, -0.05) is 60.1 Å². The first-order valence-corrected chi connectivity index (χ1v) is 14.8. The molecule has 36 heavy (non-hydrogen) atoms. The van der Waals surface area contributed by atoms with Crippen LogP contribution < -0.4 is 0 Å². The van der Waals surface area contributed by atoms with Crippen LogP contribution in [0.25, 0.3) is 0 Å². The molecule has 0 heterocycles. The molecule has 0 aromatic heterocycles. The first kappa shape index (κ1) is 26.3. The number of esters is 1. The van der Waals surface area contributed by atoms with Crippen molar-refractivity contribution in [2.75, 3.05) is 0 Å². The van der Waals surface area contributed by atoms with E-state index in [-0.39, 0.29) is 39.7 Å². The maximum Gasteiger partial charge on any atom is 0.310 e. The molecular formula is C32H50O4. The summed E-state index contributed by atoms with van der Waals surface area (Å²) in [7, 11) is 0. The minimum Gasteiger partial charge on any atom is -0.481 e. The number of hydrogen-bond donors (Lipinski definition) is 1. The van der Waals surface area contributed by atoms with Gasteiger partial charge in [0, 0.05) is 12.3 Å². The first-order valence-electron chi connectivity index (χ1n) is 14.8. The first-order chi connectivity index (χ1) is 16.6. The molecule has 4 fully saturated rings. The van der Waals surface area contributed by atoms with Gasteiger partial charge in [0.05, 0.1) is 5.41 Å². The van der Waals surface area contributed by atoms with Gasteiger partial charge in [0.25, 0.3) is 0 Å². The van der Waals surface area contributed by atoms with Gasteiger partial charge in [-0.05, 0) is 104 Å². The number of hydrogen-bond acceptors (Lipinski definition) is 3. The Morgan fingerprint density at radius 3 is 2.25 bits per heavy atom. The van der Waals surface area contributed by atoms with E-state index < -0.39 is 11.4 Å². The van der Waals surface area contributed by atoms with Crippen LogP contribution in [0.4, 0.5) is 0 Å². The fourth-order valence-corrected chi connectivity index (χ4v) is 11.2. The highest BCUT2D eigenvalue weighted by atomic mass is 16.5. The number of rotatable bonds is 2. The number of carbonyl (C=O) groups excluding carboxylic acids is 1. The zero-order valence-corrected chi connectivity index (χ0v) is 24.1. The average molecular weight is 499 g/mol. The molecule has 0 radical (unpaired) electrons. The fourth-order valence-electron chi connectivity index (χ4n) is 11.2. The summed E-state index contributed by atoms with van der Waals surface area (Å²) in [5.74, 6) is 1.53. The third-order valence-corrected chi connectivity index (χ3v) is 13.7. The molecule has 0 bridgehead atoms. The lowest BCUT2D eigenvalue weighted by Gasteiger charge is -2.71. The van der Waals surface area contributed by atoms with Gasteiger partial charge >= 0.3 is 11.9 Å². The predicted molar refractivity (Wildman–Crippen MR) is 142 cm³/mol. The summed E-state index contributed by atoms with van der Waals surface area (Å²) < 4.78 is 5.88. The quantitative estimate of drug-likeness (QED) is 0.313. The van der Waals surface area contributed by atoms with E-state index in [0.29, 0.717) is 23.7 Å². The second kappa shape index (κ2) is 8.09. The molecule has 5 aliphatic rings. The van der Waals surface area contributed by atoms with Crippen molar-refractivity contribution in [2.45, 2.75) is 119 Å². The predicted octanol–water partition coefficient (Wildman–Crippen LogP) is 7.66. The van der Waals surface area contributed by atoms with E-state index in [0.717, 1.165) is 51.4 Å². The maximum atomic E-state index is 12.9. The van der Waals surface area contributed by atoms with E-state index >= 15 is 0 Å². The van der Waals surface area contributed by atoms with Crippen LogP contribution in [-0.2, 0) is 14.3 Å². The summed E-state index contributed by atoms with van der Waals surface area (Å²) in [6, 6.07) is 0. The van der Waals surface area contributed by atoms with Crippen molar-refractivity contribution in [1.82, 2.24) is 0 Å². The van der Waals surface area contributed by atoms with Crippen molar-refractivity contribution >= 4 is 11.9 Å². The SMILES string of the molecule is CC(=O)OC1CC[C@]2(C)[C@H]3CC=C4C5[C@@H](C)[C@H](C)CCC5(C(=O)O)CC[C@@]4(C)[C@]3(C)CC[C@H]2C1(C)C. The number of carboxylic acid groups (broad SMARTS) is 1. The lowest BCUT2D eigenvalue weighted by Crippen LogP contribution is -2.65. The Kier molecular flexibility index (Phi) is 5.91. The van der Waals surface area contributed by atoms with Gasteiger partial charge in [-0.15, -0.1) is 0 Å². The number of carboxylic acids is 1. The molecule has 0 aromatic carbocycles. The second-order valence-corrected chi connectivity index (χ2v) is 15.1. The Hall–Kier alpha value is -1.32. The van der Waals surface area contributed by atoms with Crippen LogP contribution in [0.5, 0.6) is 0 Å². The summed E-state index contributed by atoms with van der Waals surface area (Å²) >= 11 is 0. The molecule has 5 aliphatic carbocycles. The van der Waals surface area contributed by atoms with E-state index in [1.54, 1.807) is 6.92 Å². The van der Waals surface area contributed by atoms with Crippen molar-refractivity contribution in [3.8, 4) is 0 Å². The number of fused-ring (bicyclic) bond motifs is 7. The molecule has 1 N–H and O–H groups in total. The van der Waals surface area contributed by atoms with Gasteiger partial charge in [-0.25, -0.2) is 0 Å². The average Bonchev–Trinajstić information content (AvgIpc) is 2.78. The third-order valence-electron chi connectivity index (χ3n) is 13.7. The topological polar surface area (TPSA) is 63.6 Å². The highest BCUT2D eigenvalue weighted by Gasteiger charge is 2.69. The monoisotopic (exact) mass is 498 g/mol. The number of carbonyl (C=O) groups is 2. The summed E-state index contributed by atoms with van der Waals surface area (Å²) in [5, 5.41) is 10.6. The van der Waals surface area contributed by atoms with Gasteiger partial charge < -0.3 is 9.84 Å². The van der Waals surface area contributed by atoms with E-state index in [1.165, 1.54) is 12.0 Å². The van der Waals surface area contributed by atoms with E-state index in [4.69, 9.17) is 4.74 Å². The van der Waals surface area contributed by atoms with Crippen LogP contribution >= 0.6 is 0 Å². The zero-order chi connectivity index (χ0) is 26.5. The summed E-state index contributed by atoms with van der Waals surface area (Å²) in [6.07, 6.45) is 11.7. The van der Waals surface area contributed by atoms with Crippen LogP contribution in [0.2, 0.25) is 0 Å². The normalized spacial score (nSPS) is 51.5. The minimum atomic E-state index is -0.578. The highest BCUT2D eigenvalue weighted by Crippen LogP contribution is 2.75. The Labute approximate surface area is 219 Å². The van der Waals surface area contributed by atoms with Crippen LogP contribution in [0.1, 0.15) is 113 Å². The number of ether oxygens (including phenoxy) is 1. The Morgan fingerprint density at radius 1 is 0.917 bits per heavy atom. The largest absolute Gasteiger partial charge is 0.481 e.